The Morgan fingerprint density at radius 2 is 1.57 bits per heavy atom. The van der Waals surface area contributed by atoms with E-state index in [1.54, 1.807) is 60.7 Å². The zero-order valence-electron chi connectivity index (χ0n) is 15.0. The zero-order valence-corrected chi connectivity index (χ0v) is 15.0. The summed E-state index contributed by atoms with van der Waals surface area (Å²) in [5, 5.41) is 9.47. The highest BCUT2D eigenvalue weighted by molar-refractivity contribution is 5.91. The monoisotopic (exact) mass is 379 g/mol. The third-order valence-corrected chi connectivity index (χ3v) is 4.45. The quantitative estimate of drug-likeness (QED) is 0.581. The first-order valence-electron chi connectivity index (χ1n) is 8.56. The molecule has 0 unspecified atom stereocenters. The molecule has 1 aliphatic rings. The average Bonchev–Trinajstić information content (AvgIpc) is 2.98. The Morgan fingerprint density at radius 1 is 1.04 bits per heavy atom. The lowest BCUT2D eigenvalue weighted by Crippen LogP contribution is -2.41. The molecule has 3 atom stereocenters. The van der Waals surface area contributed by atoms with Crippen molar-refractivity contribution >= 4 is 17.9 Å². The summed E-state index contributed by atoms with van der Waals surface area (Å²) < 4.78 is 15.8. The molecule has 0 aromatic heterocycles. The minimum atomic E-state index is -1.70. The van der Waals surface area contributed by atoms with Crippen LogP contribution in [0.15, 0.2) is 60.7 Å². The summed E-state index contributed by atoms with van der Waals surface area (Å²) in [6, 6.07) is 18.3. The average molecular weight is 379 g/mol. The maximum absolute atomic E-state index is 12.4. The van der Waals surface area contributed by atoms with Gasteiger partial charge in [0.1, 0.15) is 6.61 Å². The second kappa shape index (κ2) is 7.92. The van der Waals surface area contributed by atoms with Gasteiger partial charge in [0.05, 0.1) is 17.2 Å². The number of hydrogen-bond donors (Lipinski definition) is 0. The van der Waals surface area contributed by atoms with Crippen molar-refractivity contribution in [2.45, 2.75) is 19.1 Å². The molecule has 0 aliphatic carbocycles. The van der Waals surface area contributed by atoms with E-state index in [0.717, 1.165) is 0 Å². The molecule has 142 valence electrons. The predicted molar refractivity (Wildman–Crippen MR) is 96.0 cm³/mol. The van der Waals surface area contributed by atoms with E-state index in [1.165, 1.54) is 6.92 Å². The highest BCUT2D eigenvalue weighted by Gasteiger charge is 2.58. The lowest BCUT2D eigenvalue weighted by Gasteiger charge is -2.23. The smallest absolute Gasteiger partial charge is 0.338 e. The van der Waals surface area contributed by atoms with Gasteiger partial charge in [-0.2, -0.15) is 5.26 Å². The van der Waals surface area contributed by atoms with Crippen LogP contribution in [0.25, 0.3) is 0 Å². The van der Waals surface area contributed by atoms with Crippen LogP contribution in [0.4, 0.5) is 0 Å². The van der Waals surface area contributed by atoms with Crippen LogP contribution in [0, 0.1) is 16.7 Å². The Kier molecular flexibility index (Phi) is 5.41. The van der Waals surface area contributed by atoms with Crippen LogP contribution in [-0.4, -0.2) is 36.7 Å². The molecular weight excluding hydrogens is 362 g/mol. The first-order chi connectivity index (χ1) is 13.5. The number of esters is 3. The Bertz CT molecular complexity index is 921. The molecule has 0 N–H and O–H groups in total. The molecule has 1 saturated heterocycles. The standard InChI is InChI=1S/C21H17NO6/c1-21(13-22)17(28-19(24)15-10-6-3-7-11-15)16(27-20(21)25)12-26-18(23)14-8-4-2-5-9-14/h2-11,16-17H,12H2,1H3/t16-,17-,21-/m1/s1. The van der Waals surface area contributed by atoms with Crippen LogP contribution in [-0.2, 0) is 19.0 Å². The number of nitrogens with zero attached hydrogens (tertiary/aromatic N) is 1. The summed E-state index contributed by atoms with van der Waals surface area (Å²) in [4.78, 5) is 36.7. The number of cyclic esters (lactones) is 1. The topological polar surface area (TPSA) is 103 Å². The molecule has 0 bridgehead atoms. The van der Waals surface area contributed by atoms with Crippen molar-refractivity contribution in [2.24, 2.45) is 5.41 Å². The Labute approximate surface area is 161 Å². The number of ether oxygens (including phenoxy) is 3. The van der Waals surface area contributed by atoms with Crippen LogP contribution < -0.4 is 0 Å². The molecule has 1 heterocycles. The summed E-state index contributed by atoms with van der Waals surface area (Å²) in [5.41, 5.74) is -1.11. The van der Waals surface area contributed by atoms with Gasteiger partial charge in [-0.1, -0.05) is 36.4 Å². The van der Waals surface area contributed by atoms with Gasteiger partial charge in [-0.25, -0.2) is 9.59 Å². The van der Waals surface area contributed by atoms with Gasteiger partial charge in [0, 0.05) is 0 Å². The summed E-state index contributed by atoms with van der Waals surface area (Å²) >= 11 is 0. The van der Waals surface area contributed by atoms with Gasteiger partial charge in [0.2, 0.25) is 0 Å². The largest absolute Gasteiger partial charge is 0.458 e. The molecule has 2 aromatic rings. The second-order valence-electron chi connectivity index (χ2n) is 6.41. The van der Waals surface area contributed by atoms with E-state index < -0.39 is 35.5 Å². The molecule has 28 heavy (non-hydrogen) atoms. The fourth-order valence-corrected chi connectivity index (χ4v) is 2.81. The zero-order chi connectivity index (χ0) is 20.1. The van der Waals surface area contributed by atoms with Crippen LogP contribution in [0.5, 0.6) is 0 Å². The van der Waals surface area contributed by atoms with Crippen molar-refractivity contribution < 1.29 is 28.6 Å². The van der Waals surface area contributed by atoms with Gasteiger partial charge < -0.3 is 14.2 Å². The van der Waals surface area contributed by atoms with Crippen LogP contribution >= 0.6 is 0 Å². The van der Waals surface area contributed by atoms with Gasteiger partial charge >= 0.3 is 17.9 Å². The third-order valence-electron chi connectivity index (χ3n) is 4.45. The first-order valence-corrected chi connectivity index (χ1v) is 8.56. The van der Waals surface area contributed by atoms with Crippen LogP contribution in [0.1, 0.15) is 27.6 Å². The number of nitriles is 1. The van der Waals surface area contributed by atoms with E-state index in [9.17, 15) is 19.6 Å². The fourth-order valence-electron chi connectivity index (χ4n) is 2.81. The normalized spacial score (nSPS) is 23.4. The molecule has 0 saturated carbocycles. The second-order valence-corrected chi connectivity index (χ2v) is 6.41. The van der Waals surface area contributed by atoms with Crippen LogP contribution in [0.2, 0.25) is 0 Å². The molecule has 0 spiro atoms. The SMILES string of the molecule is C[C@]1(C#N)C(=O)O[C@H](COC(=O)c2ccccc2)[C@H]1OC(=O)c1ccccc1. The lowest BCUT2D eigenvalue weighted by molar-refractivity contribution is -0.147. The van der Waals surface area contributed by atoms with Crippen molar-refractivity contribution in [3.63, 3.8) is 0 Å². The van der Waals surface area contributed by atoms with E-state index in [1.807, 2.05) is 6.07 Å². The highest BCUT2D eigenvalue weighted by Crippen LogP contribution is 2.36. The maximum Gasteiger partial charge on any atom is 0.338 e. The van der Waals surface area contributed by atoms with E-state index in [2.05, 4.69) is 0 Å². The minimum Gasteiger partial charge on any atom is -0.458 e. The van der Waals surface area contributed by atoms with Crippen molar-refractivity contribution in [2.75, 3.05) is 6.61 Å². The minimum absolute atomic E-state index is 0.266. The maximum atomic E-state index is 12.4. The Balaban J connectivity index is 1.75. The molecular formula is C21H17NO6. The van der Waals surface area contributed by atoms with E-state index in [4.69, 9.17) is 14.2 Å². The van der Waals surface area contributed by atoms with Gasteiger partial charge in [-0.05, 0) is 31.2 Å². The Hall–Kier alpha value is -3.66. The molecule has 1 aliphatic heterocycles. The van der Waals surface area contributed by atoms with Crippen molar-refractivity contribution in [3.05, 3.63) is 71.8 Å². The van der Waals surface area contributed by atoms with Gasteiger partial charge in [-0.15, -0.1) is 0 Å². The lowest BCUT2D eigenvalue weighted by atomic mass is 9.85. The highest BCUT2D eigenvalue weighted by atomic mass is 16.6. The third kappa shape index (κ3) is 3.71. The van der Waals surface area contributed by atoms with Crippen molar-refractivity contribution in [1.29, 1.82) is 5.26 Å². The molecule has 0 radical (unpaired) electrons. The molecule has 0 amide bonds. The first kappa shape index (κ1) is 19.1. The fraction of sp³-hybridized carbons (Fsp3) is 0.238. The summed E-state index contributed by atoms with van der Waals surface area (Å²) in [6.45, 7) is 0.987. The molecule has 7 nitrogen and oxygen atoms in total. The number of hydrogen-bond acceptors (Lipinski definition) is 7. The van der Waals surface area contributed by atoms with Crippen molar-refractivity contribution in [1.82, 2.24) is 0 Å². The molecule has 3 rings (SSSR count). The van der Waals surface area contributed by atoms with Crippen LogP contribution in [0.3, 0.4) is 0 Å². The number of carbonyl (C=O) groups is 3. The summed E-state index contributed by atoms with van der Waals surface area (Å²) in [6.07, 6.45) is -2.31. The number of rotatable bonds is 5. The van der Waals surface area contributed by atoms with E-state index in [0.29, 0.717) is 5.56 Å². The van der Waals surface area contributed by atoms with Gasteiger partial charge in [0.25, 0.3) is 0 Å². The van der Waals surface area contributed by atoms with Gasteiger partial charge in [-0.3, -0.25) is 4.79 Å². The van der Waals surface area contributed by atoms with E-state index in [-0.39, 0.29) is 12.2 Å². The molecule has 7 heteroatoms. The van der Waals surface area contributed by atoms with E-state index >= 15 is 0 Å². The molecule has 1 fully saturated rings. The number of carbonyl (C=O) groups excluding carboxylic acids is 3. The predicted octanol–water partition coefficient (Wildman–Crippen LogP) is 2.52. The summed E-state index contributed by atoms with van der Waals surface area (Å²) in [5.74, 6) is -2.15. The van der Waals surface area contributed by atoms with Gasteiger partial charge in [0.15, 0.2) is 17.6 Å². The van der Waals surface area contributed by atoms with Crippen molar-refractivity contribution in [3.8, 4) is 6.07 Å². The molecule has 2 aromatic carbocycles. The number of benzene rings is 2. The Morgan fingerprint density at radius 3 is 2.11 bits per heavy atom. The summed E-state index contributed by atoms with van der Waals surface area (Å²) in [7, 11) is 0.